The number of carbonyl (C=O) groups excluding carboxylic acids is 4. The van der Waals surface area contributed by atoms with Crippen LogP contribution in [0.25, 0.3) is 0 Å². The molecule has 9 nitrogen and oxygen atoms in total. The summed E-state index contributed by atoms with van der Waals surface area (Å²) >= 11 is 6.03. The zero-order valence-electron chi connectivity index (χ0n) is 22.1. The number of rotatable bonds is 5. The number of piperidine rings is 1. The molecule has 2 saturated heterocycles. The molecule has 4 unspecified atom stereocenters. The van der Waals surface area contributed by atoms with Crippen molar-refractivity contribution in [2.24, 2.45) is 17.3 Å². The minimum Gasteiger partial charge on any atom is -0.384 e. The molecule has 0 aromatic heterocycles. The van der Waals surface area contributed by atoms with E-state index in [1.807, 2.05) is 39.8 Å². The van der Waals surface area contributed by atoms with E-state index in [9.17, 15) is 24.3 Å². The molecule has 4 rings (SSSR count). The number of nitrogens with zero attached hydrogens (tertiary/aromatic N) is 2. The molecule has 0 radical (unpaired) electrons. The van der Waals surface area contributed by atoms with Gasteiger partial charge in [-0.05, 0) is 49.3 Å². The number of benzene rings is 1. The summed E-state index contributed by atoms with van der Waals surface area (Å²) in [6.45, 7) is 8.31. The van der Waals surface area contributed by atoms with Gasteiger partial charge in [0.05, 0.1) is 5.60 Å². The Morgan fingerprint density at radius 3 is 2.35 bits per heavy atom. The first kappa shape index (κ1) is 27.4. The van der Waals surface area contributed by atoms with Crippen LogP contribution in [0.3, 0.4) is 0 Å². The molecular formula is C27H37ClN4O5. The molecule has 0 bridgehead atoms. The molecule has 5 amide bonds. The number of aliphatic hydroxyl groups is 1. The fraction of sp³-hybridized carbons (Fsp3) is 0.630. The summed E-state index contributed by atoms with van der Waals surface area (Å²) in [5.41, 5.74) is -2.02. The maximum absolute atomic E-state index is 13.7. The van der Waals surface area contributed by atoms with Crippen molar-refractivity contribution in [1.29, 1.82) is 0 Å². The summed E-state index contributed by atoms with van der Waals surface area (Å²) in [6, 6.07) is 5.96. The molecule has 3 N–H and O–H groups in total. The lowest BCUT2D eigenvalue weighted by Crippen LogP contribution is -2.60. The van der Waals surface area contributed by atoms with Crippen LogP contribution in [0, 0.1) is 17.3 Å². The number of halogens is 1. The summed E-state index contributed by atoms with van der Waals surface area (Å²) in [4.78, 5) is 54.5. The van der Waals surface area contributed by atoms with Crippen LogP contribution in [-0.4, -0.2) is 70.4 Å². The Bertz CT molecular complexity index is 1110. The quantitative estimate of drug-likeness (QED) is 0.504. The minimum atomic E-state index is -1.13. The predicted octanol–water partition coefficient (Wildman–Crippen LogP) is 2.65. The van der Waals surface area contributed by atoms with Crippen molar-refractivity contribution in [3.8, 4) is 0 Å². The molecule has 4 atom stereocenters. The SMILES string of the molecule is CC(C)C(NC(=O)C1CCC2(C1)C(=O)NC(=O)N2C)C(=O)N1CCC(O)(c2ccc(Cl)cc2)C(C)(C)C1. The smallest absolute Gasteiger partial charge is 0.324 e. The Balaban J connectivity index is 1.45. The van der Waals surface area contributed by atoms with Gasteiger partial charge >= 0.3 is 6.03 Å². The molecule has 202 valence electrons. The Kier molecular flexibility index (Phi) is 7.09. The zero-order valence-corrected chi connectivity index (χ0v) is 22.9. The van der Waals surface area contributed by atoms with Crippen LogP contribution in [0.15, 0.2) is 24.3 Å². The number of hydrogen-bond acceptors (Lipinski definition) is 5. The number of imide groups is 1. The highest BCUT2D eigenvalue weighted by molar-refractivity contribution is 6.30. The Morgan fingerprint density at radius 1 is 1.16 bits per heavy atom. The maximum Gasteiger partial charge on any atom is 0.324 e. The summed E-state index contributed by atoms with van der Waals surface area (Å²) in [6.07, 6.45) is 1.45. The zero-order chi connectivity index (χ0) is 27.3. The van der Waals surface area contributed by atoms with Crippen molar-refractivity contribution in [1.82, 2.24) is 20.4 Å². The van der Waals surface area contributed by atoms with Crippen LogP contribution >= 0.6 is 11.6 Å². The second-order valence-corrected chi connectivity index (χ2v) is 12.2. The summed E-state index contributed by atoms with van der Waals surface area (Å²) in [5, 5.41) is 17.5. The molecule has 2 aliphatic heterocycles. The van der Waals surface area contributed by atoms with E-state index in [0.29, 0.717) is 37.4 Å². The number of likely N-dealkylation sites (tertiary alicyclic amines) is 1. The molecule has 2 heterocycles. The fourth-order valence-electron chi connectivity index (χ4n) is 6.16. The van der Waals surface area contributed by atoms with Crippen LogP contribution in [0.5, 0.6) is 0 Å². The topological polar surface area (TPSA) is 119 Å². The number of hydrogen-bond donors (Lipinski definition) is 3. The average molecular weight is 533 g/mol. The van der Waals surface area contributed by atoms with Gasteiger partial charge in [0.25, 0.3) is 5.91 Å². The van der Waals surface area contributed by atoms with Crippen molar-refractivity contribution in [2.45, 2.75) is 70.6 Å². The second-order valence-electron chi connectivity index (χ2n) is 11.8. The molecule has 3 fully saturated rings. The van der Waals surface area contributed by atoms with Gasteiger partial charge in [0.1, 0.15) is 11.6 Å². The summed E-state index contributed by atoms with van der Waals surface area (Å²) in [5.74, 6) is -1.46. The predicted molar refractivity (Wildman–Crippen MR) is 138 cm³/mol. The molecule has 10 heteroatoms. The minimum absolute atomic E-state index is 0.161. The van der Waals surface area contributed by atoms with Crippen molar-refractivity contribution in [2.75, 3.05) is 20.1 Å². The third kappa shape index (κ3) is 4.61. The second kappa shape index (κ2) is 9.58. The Hall–Kier alpha value is -2.65. The van der Waals surface area contributed by atoms with Gasteiger partial charge in [-0.25, -0.2) is 4.79 Å². The van der Waals surface area contributed by atoms with E-state index in [1.165, 1.54) is 4.90 Å². The first-order chi connectivity index (χ1) is 17.2. The average Bonchev–Trinajstić information content (AvgIpc) is 3.37. The largest absolute Gasteiger partial charge is 0.384 e. The molecule has 1 aromatic rings. The lowest BCUT2D eigenvalue weighted by atomic mass is 9.66. The van der Waals surface area contributed by atoms with E-state index >= 15 is 0 Å². The van der Waals surface area contributed by atoms with Gasteiger partial charge in [-0.15, -0.1) is 0 Å². The van der Waals surface area contributed by atoms with Gasteiger partial charge in [-0.2, -0.15) is 0 Å². The monoisotopic (exact) mass is 532 g/mol. The number of nitrogens with one attached hydrogen (secondary N) is 2. The van der Waals surface area contributed by atoms with Gasteiger partial charge in [-0.3, -0.25) is 19.7 Å². The molecule has 1 aromatic carbocycles. The highest BCUT2D eigenvalue weighted by Crippen LogP contribution is 2.46. The standard InChI is InChI=1S/C27H37ClN4O5/c1-16(2)20(29-21(33)17-10-11-26(14-17)23(35)30-24(36)31(26)5)22(34)32-13-12-27(37,25(3,4)15-32)18-6-8-19(28)9-7-18/h6-9,16-17,20,37H,10-15H2,1-5H3,(H,29,33)(H,30,35,36). The molecule has 1 aliphatic carbocycles. The van der Waals surface area contributed by atoms with Crippen LogP contribution in [0.1, 0.15) is 58.9 Å². The van der Waals surface area contributed by atoms with Gasteiger partial charge in [0.15, 0.2) is 0 Å². The van der Waals surface area contributed by atoms with E-state index in [-0.39, 0.29) is 30.1 Å². The fourth-order valence-corrected chi connectivity index (χ4v) is 6.28. The van der Waals surface area contributed by atoms with Crippen molar-refractivity contribution < 1.29 is 24.3 Å². The number of urea groups is 1. The highest BCUT2D eigenvalue weighted by atomic mass is 35.5. The summed E-state index contributed by atoms with van der Waals surface area (Å²) in [7, 11) is 1.57. The van der Waals surface area contributed by atoms with Crippen LogP contribution < -0.4 is 10.6 Å². The van der Waals surface area contributed by atoms with Gasteiger partial charge in [0.2, 0.25) is 11.8 Å². The normalized spacial score (nSPS) is 30.1. The lowest BCUT2D eigenvalue weighted by molar-refractivity contribution is -0.157. The van der Waals surface area contributed by atoms with Crippen molar-refractivity contribution >= 4 is 35.4 Å². The van der Waals surface area contributed by atoms with Crippen LogP contribution in [-0.2, 0) is 20.0 Å². The third-order valence-electron chi connectivity index (χ3n) is 8.76. The van der Waals surface area contributed by atoms with Crippen LogP contribution in [0.4, 0.5) is 4.79 Å². The van der Waals surface area contributed by atoms with E-state index in [1.54, 1.807) is 24.1 Å². The van der Waals surface area contributed by atoms with Crippen molar-refractivity contribution in [3.05, 3.63) is 34.9 Å². The van der Waals surface area contributed by atoms with Crippen LogP contribution in [0.2, 0.25) is 5.02 Å². The third-order valence-corrected chi connectivity index (χ3v) is 9.02. The first-order valence-electron chi connectivity index (χ1n) is 12.9. The maximum atomic E-state index is 13.7. The van der Waals surface area contributed by atoms with Gasteiger partial charge < -0.3 is 20.2 Å². The van der Waals surface area contributed by atoms with E-state index in [0.717, 1.165) is 5.56 Å². The number of likely N-dealkylation sites (N-methyl/N-ethyl adjacent to an activating group) is 1. The highest BCUT2D eigenvalue weighted by Gasteiger charge is 2.56. The molecule has 1 saturated carbocycles. The molecule has 37 heavy (non-hydrogen) atoms. The number of carbonyl (C=O) groups is 4. The molecule has 3 aliphatic rings. The summed E-state index contributed by atoms with van der Waals surface area (Å²) < 4.78 is 0. The van der Waals surface area contributed by atoms with Gasteiger partial charge in [0, 0.05) is 36.5 Å². The first-order valence-corrected chi connectivity index (χ1v) is 13.3. The van der Waals surface area contributed by atoms with E-state index in [4.69, 9.17) is 11.6 Å². The lowest BCUT2D eigenvalue weighted by Gasteiger charge is -2.51. The van der Waals surface area contributed by atoms with Gasteiger partial charge in [-0.1, -0.05) is 51.4 Å². The number of amides is 5. The Morgan fingerprint density at radius 2 is 1.81 bits per heavy atom. The Labute approximate surface area is 222 Å². The molecule has 1 spiro atoms. The molecular weight excluding hydrogens is 496 g/mol. The van der Waals surface area contributed by atoms with Crippen molar-refractivity contribution in [3.63, 3.8) is 0 Å². The van der Waals surface area contributed by atoms with E-state index < -0.39 is 34.5 Å². The van der Waals surface area contributed by atoms with E-state index in [2.05, 4.69) is 10.6 Å².